The molecule has 0 radical (unpaired) electrons. The third-order valence-corrected chi connectivity index (χ3v) is 8.21. The van der Waals surface area contributed by atoms with Crippen LogP contribution in [0, 0.1) is 5.41 Å². The van der Waals surface area contributed by atoms with E-state index in [2.05, 4.69) is 11.3 Å². The summed E-state index contributed by atoms with van der Waals surface area (Å²) < 4.78 is 62.3. The Kier molecular flexibility index (Phi) is 5.89. The van der Waals surface area contributed by atoms with Crippen molar-refractivity contribution in [3.63, 3.8) is 0 Å². The highest BCUT2D eigenvalue weighted by Gasteiger charge is 2.58. The van der Waals surface area contributed by atoms with Crippen molar-refractivity contribution in [2.45, 2.75) is 75.7 Å². The summed E-state index contributed by atoms with van der Waals surface area (Å²) in [5.74, 6) is 0.647. The summed E-state index contributed by atoms with van der Waals surface area (Å²) in [4.78, 5) is 0. The van der Waals surface area contributed by atoms with Gasteiger partial charge in [0.25, 0.3) is 0 Å². The summed E-state index contributed by atoms with van der Waals surface area (Å²) in [6, 6.07) is 5.88. The van der Waals surface area contributed by atoms with E-state index in [0.717, 1.165) is 17.5 Å². The lowest BCUT2D eigenvalue weighted by atomic mass is 9.62. The fourth-order valence-corrected chi connectivity index (χ4v) is 5.87. The molecule has 2 aliphatic rings. The molecule has 0 aromatic heterocycles. The van der Waals surface area contributed by atoms with Gasteiger partial charge in [-0.25, -0.2) is 8.93 Å². The Morgan fingerprint density at radius 2 is 2.13 bits per heavy atom. The summed E-state index contributed by atoms with van der Waals surface area (Å²) in [6.45, 7) is 9.80. The van der Waals surface area contributed by atoms with Crippen LogP contribution in [0.5, 0.6) is 5.75 Å². The van der Waals surface area contributed by atoms with Crippen molar-refractivity contribution >= 4 is 11.0 Å². The van der Waals surface area contributed by atoms with E-state index in [-0.39, 0.29) is 18.1 Å². The molecule has 1 fully saturated rings. The fraction of sp³-hybridized carbons (Fsp3) is 0.667. The lowest BCUT2D eigenvalue weighted by molar-refractivity contribution is 0.00381. The first-order chi connectivity index (χ1) is 15.4. The van der Waals surface area contributed by atoms with Gasteiger partial charge in [-0.3, -0.25) is 4.39 Å². The van der Waals surface area contributed by atoms with Gasteiger partial charge in [-0.1, -0.05) is 12.1 Å². The number of nitrogens with one attached hydrogen (secondary N) is 1. The van der Waals surface area contributed by atoms with E-state index in [1.54, 1.807) is 0 Å². The number of ether oxygens (including phenoxy) is 2. The van der Waals surface area contributed by atoms with Crippen LogP contribution in [0.15, 0.2) is 30.9 Å². The molecule has 168 valence electrons. The summed E-state index contributed by atoms with van der Waals surface area (Å²) in [6.07, 6.45) is 5.23. The summed E-state index contributed by atoms with van der Waals surface area (Å²) >= 11 is 0. The van der Waals surface area contributed by atoms with Gasteiger partial charge < -0.3 is 9.47 Å². The Labute approximate surface area is 187 Å². The maximum Gasteiger partial charge on any atom is 0.119 e. The molecule has 0 saturated heterocycles. The Hall–Kier alpha value is -1.24. The van der Waals surface area contributed by atoms with Crippen LogP contribution in [0.25, 0.3) is 0 Å². The van der Waals surface area contributed by atoms with Gasteiger partial charge in [0.1, 0.15) is 5.75 Å². The van der Waals surface area contributed by atoms with Gasteiger partial charge in [0.15, 0.2) is 0 Å². The molecule has 1 saturated carbocycles. The highest BCUT2D eigenvalue weighted by molar-refractivity contribution is 7.84. The van der Waals surface area contributed by atoms with Crippen LogP contribution in [0.4, 0.5) is 4.39 Å². The molecule has 1 spiro atoms. The largest absolute Gasteiger partial charge is 0.493 e. The Balaban J connectivity index is 1.98. The van der Waals surface area contributed by atoms with Crippen molar-refractivity contribution in [1.82, 2.24) is 4.72 Å². The minimum atomic E-state index is -2.42. The molecule has 30 heavy (non-hydrogen) atoms. The molecule has 0 bridgehead atoms. The van der Waals surface area contributed by atoms with Crippen LogP contribution in [0.1, 0.15) is 68.1 Å². The number of methoxy groups -OCH3 is 1. The third-order valence-electron chi connectivity index (χ3n) is 6.59. The smallest absolute Gasteiger partial charge is 0.119 e. The number of alkyl halides is 1. The van der Waals surface area contributed by atoms with Gasteiger partial charge in [0, 0.05) is 18.9 Å². The van der Waals surface area contributed by atoms with E-state index >= 15 is 0 Å². The number of rotatable bonds is 8. The summed E-state index contributed by atoms with van der Waals surface area (Å²) in [5.41, 5.74) is 1.01. The number of hydrogen-bond acceptors (Lipinski definition) is 3. The second kappa shape index (κ2) is 9.09. The predicted molar refractivity (Wildman–Crippen MR) is 121 cm³/mol. The van der Waals surface area contributed by atoms with Gasteiger partial charge in [0.2, 0.25) is 0 Å². The van der Waals surface area contributed by atoms with Gasteiger partial charge in [-0.05, 0) is 76.1 Å². The highest BCUT2D eigenvalue weighted by atomic mass is 32.2. The molecule has 3 rings (SSSR count). The topological polar surface area (TPSA) is 47.6 Å². The number of benzene rings is 1. The molecule has 0 amide bonds. The second-order valence-corrected chi connectivity index (χ2v) is 11.4. The molecular formula is C24H36FNO3S. The minimum absolute atomic E-state index is 0.289. The van der Waals surface area contributed by atoms with Crippen molar-refractivity contribution < 1.29 is 22.2 Å². The summed E-state index contributed by atoms with van der Waals surface area (Å²) in [7, 11) is -3.79. The van der Waals surface area contributed by atoms with E-state index in [0.29, 0.717) is 37.9 Å². The molecule has 0 heterocycles. The maximum absolute atomic E-state index is 13.3. The average molecular weight is 441 g/mol. The van der Waals surface area contributed by atoms with Crippen molar-refractivity contribution in [1.29, 1.82) is 0 Å². The zero-order valence-electron chi connectivity index (χ0n) is 21.3. The van der Waals surface area contributed by atoms with E-state index < -0.39 is 35.0 Å². The van der Waals surface area contributed by atoms with Crippen molar-refractivity contribution in [3.8, 4) is 5.75 Å². The first-order valence-electron chi connectivity index (χ1n) is 12.2. The number of halogens is 1. The normalized spacial score (nSPS) is 31.5. The SMILES string of the molecule is [2H]C([2H])([2H])OC1CCC2(CC1)Cc1ccc(OCCCF)cc1C2(C=C)NS(=O)C(C)(C)C. The minimum Gasteiger partial charge on any atom is -0.493 e. The molecule has 4 nitrogen and oxygen atoms in total. The first-order valence-corrected chi connectivity index (χ1v) is 11.8. The molecule has 1 N–H and O–H groups in total. The van der Waals surface area contributed by atoms with Crippen molar-refractivity contribution in [2.75, 3.05) is 20.3 Å². The van der Waals surface area contributed by atoms with Crippen LogP contribution in [0.3, 0.4) is 0 Å². The van der Waals surface area contributed by atoms with E-state index in [1.165, 1.54) is 0 Å². The van der Waals surface area contributed by atoms with Crippen molar-refractivity contribution in [3.05, 3.63) is 42.0 Å². The van der Waals surface area contributed by atoms with Crippen LogP contribution < -0.4 is 9.46 Å². The summed E-state index contributed by atoms with van der Waals surface area (Å²) in [5, 5.41) is 0. The Morgan fingerprint density at radius 1 is 1.40 bits per heavy atom. The zero-order chi connectivity index (χ0) is 24.5. The quantitative estimate of drug-likeness (QED) is 0.458. The van der Waals surface area contributed by atoms with Crippen LogP contribution >= 0.6 is 0 Å². The Morgan fingerprint density at radius 3 is 2.73 bits per heavy atom. The zero-order valence-corrected chi connectivity index (χ0v) is 19.1. The molecule has 2 aliphatic carbocycles. The molecule has 2 atom stereocenters. The van der Waals surface area contributed by atoms with Gasteiger partial charge in [0.05, 0.1) is 44.8 Å². The first kappa shape index (κ1) is 19.4. The van der Waals surface area contributed by atoms with Gasteiger partial charge in [-0.2, -0.15) is 0 Å². The van der Waals surface area contributed by atoms with E-state index in [4.69, 9.17) is 13.6 Å². The van der Waals surface area contributed by atoms with Crippen LogP contribution in [-0.2, 0) is 27.7 Å². The fourth-order valence-electron chi connectivity index (χ4n) is 4.86. The van der Waals surface area contributed by atoms with Crippen molar-refractivity contribution in [2.24, 2.45) is 5.41 Å². The third kappa shape index (κ3) is 4.23. The van der Waals surface area contributed by atoms with E-state index in [1.807, 2.05) is 45.0 Å². The Bertz CT molecular complexity index is 879. The maximum atomic E-state index is 13.3. The van der Waals surface area contributed by atoms with E-state index in [9.17, 15) is 8.60 Å². The molecule has 6 heteroatoms. The number of hydrogen-bond donors (Lipinski definition) is 1. The standard InChI is InChI=1S/C24H36FNO3S/c1-6-24(26-30(27)22(2,3)4)21-16-20(29-15-7-14-25)9-8-18(21)17-23(24)12-10-19(28-5)11-13-23/h6,8-9,16,19,26H,1,7,10-15,17H2,2-5H3/i5D3. The molecular weight excluding hydrogens is 401 g/mol. The average Bonchev–Trinajstić information content (AvgIpc) is 2.97. The molecule has 2 unspecified atom stereocenters. The predicted octanol–water partition coefficient (Wildman–Crippen LogP) is 4.99. The highest BCUT2D eigenvalue weighted by Crippen LogP contribution is 2.59. The monoisotopic (exact) mass is 440 g/mol. The molecule has 0 aliphatic heterocycles. The van der Waals surface area contributed by atoms with Crippen LogP contribution in [0.2, 0.25) is 0 Å². The lowest BCUT2D eigenvalue weighted by Crippen LogP contribution is -2.56. The second-order valence-electron chi connectivity index (χ2n) is 9.48. The molecule has 1 aromatic carbocycles. The lowest BCUT2D eigenvalue weighted by Gasteiger charge is -2.49. The molecule has 1 aromatic rings. The number of fused-ring (bicyclic) bond motifs is 1. The van der Waals surface area contributed by atoms with Crippen LogP contribution in [-0.4, -0.2) is 35.4 Å². The van der Waals surface area contributed by atoms with Gasteiger partial charge in [-0.15, -0.1) is 6.58 Å². The van der Waals surface area contributed by atoms with Gasteiger partial charge >= 0.3 is 0 Å².